The first kappa shape index (κ1) is 17.0. The fourth-order valence-corrected chi connectivity index (χ4v) is 2.87. The van der Waals surface area contributed by atoms with E-state index in [1.807, 2.05) is 29.8 Å². The summed E-state index contributed by atoms with van der Waals surface area (Å²) < 4.78 is 20.4. The maximum Gasteiger partial charge on any atom is 0.238 e. The third-order valence-corrected chi connectivity index (χ3v) is 4.25. The van der Waals surface area contributed by atoms with E-state index in [4.69, 9.17) is 9.57 Å². The molecule has 0 bridgehead atoms. The molecule has 0 fully saturated rings. The molecule has 0 saturated heterocycles. The molecule has 1 aliphatic rings. The molecule has 0 aliphatic carbocycles. The number of nitrogens with zero attached hydrogens (tertiary/aromatic N) is 4. The van der Waals surface area contributed by atoms with Gasteiger partial charge in [0.2, 0.25) is 5.88 Å². The highest BCUT2D eigenvalue weighted by Gasteiger charge is 2.22. The van der Waals surface area contributed by atoms with Crippen LogP contribution in [0.3, 0.4) is 0 Å². The Bertz CT molecular complexity index is 984. The number of halogens is 1. The molecule has 1 aliphatic heterocycles. The van der Waals surface area contributed by atoms with Gasteiger partial charge in [-0.3, -0.25) is 0 Å². The van der Waals surface area contributed by atoms with Gasteiger partial charge in [0.15, 0.2) is 5.84 Å². The molecule has 7 nitrogen and oxygen atoms in total. The second-order valence-electron chi connectivity index (χ2n) is 6.13. The lowest BCUT2D eigenvalue weighted by atomic mass is 10.1. The Morgan fingerprint density at radius 2 is 2.04 bits per heavy atom. The lowest BCUT2D eigenvalue weighted by Gasteiger charge is -2.24. The van der Waals surface area contributed by atoms with E-state index in [0.29, 0.717) is 24.0 Å². The molecule has 1 aromatic carbocycles. The Morgan fingerprint density at radius 1 is 1.22 bits per heavy atom. The van der Waals surface area contributed by atoms with Gasteiger partial charge in [0.05, 0.1) is 25.2 Å². The molecule has 27 heavy (non-hydrogen) atoms. The van der Waals surface area contributed by atoms with Crippen molar-refractivity contribution in [2.45, 2.75) is 13.0 Å². The van der Waals surface area contributed by atoms with Crippen LogP contribution in [0.5, 0.6) is 5.88 Å². The minimum Gasteiger partial charge on any atom is -0.479 e. The molecular formula is C19H18FN5O2. The van der Waals surface area contributed by atoms with Gasteiger partial charge in [-0.15, -0.1) is 0 Å². The van der Waals surface area contributed by atoms with E-state index in [2.05, 4.69) is 20.4 Å². The first-order chi connectivity index (χ1) is 13.1. The van der Waals surface area contributed by atoms with Crippen LogP contribution in [0.15, 0.2) is 54.1 Å². The Balaban J connectivity index is 1.61. The van der Waals surface area contributed by atoms with Crippen LogP contribution in [0.2, 0.25) is 0 Å². The van der Waals surface area contributed by atoms with Gasteiger partial charge in [0, 0.05) is 6.20 Å². The molecule has 2 aromatic heterocycles. The average Bonchev–Trinajstić information content (AvgIpc) is 3.14. The van der Waals surface area contributed by atoms with Crippen LogP contribution in [-0.4, -0.2) is 34.1 Å². The van der Waals surface area contributed by atoms with Crippen molar-refractivity contribution >= 4 is 5.84 Å². The summed E-state index contributed by atoms with van der Waals surface area (Å²) in [6.07, 6.45) is 3.60. The topological polar surface area (TPSA) is 73.6 Å². The number of imidazole rings is 1. The summed E-state index contributed by atoms with van der Waals surface area (Å²) in [6, 6.07) is 9.85. The first-order valence-corrected chi connectivity index (χ1v) is 8.42. The number of amidine groups is 1. The Kier molecular flexibility index (Phi) is 4.45. The second-order valence-corrected chi connectivity index (χ2v) is 6.13. The molecule has 138 valence electrons. The molecule has 1 unspecified atom stereocenters. The van der Waals surface area contributed by atoms with E-state index >= 15 is 0 Å². The largest absolute Gasteiger partial charge is 0.479 e. The van der Waals surface area contributed by atoms with E-state index < -0.39 is 0 Å². The van der Waals surface area contributed by atoms with Crippen LogP contribution in [0.4, 0.5) is 4.39 Å². The lowest BCUT2D eigenvalue weighted by Crippen LogP contribution is -2.36. The van der Waals surface area contributed by atoms with E-state index in [1.54, 1.807) is 25.6 Å². The number of methoxy groups -OCH3 is 1. The van der Waals surface area contributed by atoms with Crippen molar-refractivity contribution in [1.82, 2.24) is 19.9 Å². The molecule has 0 amide bonds. The quantitative estimate of drug-likeness (QED) is 0.768. The highest BCUT2D eigenvalue weighted by atomic mass is 19.1. The van der Waals surface area contributed by atoms with Gasteiger partial charge in [-0.25, -0.2) is 14.4 Å². The number of pyridine rings is 1. The van der Waals surface area contributed by atoms with Crippen LogP contribution in [-0.2, 0) is 4.84 Å². The molecule has 1 atom stereocenters. The predicted octanol–water partition coefficient (Wildman–Crippen LogP) is 2.75. The highest BCUT2D eigenvalue weighted by molar-refractivity contribution is 5.97. The molecular weight excluding hydrogens is 349 g/mol. The Morgan fingerprint density at radius 3 is 2.74 bits per heavy atom. The van der Waals surface area contributed by atoms with Crippen molar-refractivity contribution in [3.63, 3.8) is 0 Å². The number of nitrogens with one attached hydrogen (secondary N) is 1. The van der Waals surface area contributed by atoms with E-state index in [0.717, 1.165) is 16.9 Å². The summed E-state index contributed by atoms with van der Waals surface area (Å²) >= 11 is 0. The minimum absolute atomic E-state index is 0.151. The number of rotatable bonds is 4. The Hall–Kier alpha value is -3.42. The van der Waals surface area contributed by atoms with Gasteiger partial charge in [0.25, 0.3) is 0 Å². The SMILES string of the molecule is COc1nc(C2=NOCC(c3ccc(F)cc3)N2)ccc1-n1cnc(C)c1. The standard InChI is InChI=1S/C19H18FN5O2/c1-12-9-25(11-21-12)17-8-7-15(23-19(17)26-2)18-22-16(10-27-24-18)13-3-5-14(20)6-4-13/h3-9,11,16H,10H2,1-2H3,(H,22,24). The molecule has 4 rings (SSSR count). The van der Waals surface area contributed by atoms with Crippen molar-refractivity contribution in [3.8, 4) is 11.6 Å². The average molecular weight is 367 g/mol. The fraction of sp³-hybridized carbons (Fsp3) is 0.211. The van der Waals surface area contributed by atoms with Gasteiger partial charge < -0.3 is 19.5 Å². The number of ether oxygens (including phenoxy) is 1. The van der Waals surface area contributed by atoms with Crippen LogP contribution < -0.4 is 10.1 Å². The molecule has 0 radical (unpaired) electrons. The minimum atomic E-state index is -0.277. The zero-order valence-corrected chi connectivity index (χ0v) is 14.9. The molecule has 8 heteroatoms. The van der Waals surface area contributed by atoms with E-state index in [9.17, 15) is 4.39 Å². The van der Waals surface area contributed by atoms with Crippen molar-refractivity contribution in [2.24, 2.45) is 5.16 Å². The van der Waals surface area contributed by atoms with Crippen LogP contribution >= 0.6 is 0 Å². The van der Waals surface area contributed by atoms with Crippen molar-refractivity contribution in [1.29, 1.82) is 0 Å². The number of hydrogen-bond donors (Lipinski definition) is 1. The van der Waals surface area contributed by atoms with Crippen molar-refractivity contribution in [2.75, 3.05) is 13.7 Å². The third kappa shape index (κ3) is 3.46. The van der Waals surface area contributed by atoms with Crippen LogP contribution in [0.1, 0.15) is 23.0 Å². The second kappa shape index (κ2) is 7.06. The summed E-state index contributed by atoms with van der Waals surface area (Å²) in [5, 5.41) is 7.35. The number of aryl methyl sites for hydroxylation is 1. The maximum absolute atomic E-state index is 13.2. The van der Waals surface area contributed by atoms with Crippen molar-refractivity contribution < 1.29 is 14.0 Å². The number of aromatic nitrogens is 3. The van der Waals surface area contributed by atoms with Gasteiger partial charge in [-0.1, -0.05) is 17.3 Å². The highest BCUT2D eigenvalue weighted by Crippen LogP contribution is 2.23. The number of benzene rings is 1. The summed E-state index contributed by atoms with van der Waals surface area (Å²) in [6.45, 7) is 2.26. The zero-order chi connectivity index (χ0) is 18.8. The number of hydrogen-bond acceptors (Lipinski definition) is 6. The smallest absolute Gasteiger partial charge is 0.238 e. The monoisotopic (exact) mass is 367 g/mol. The van der Waals surface area contributed by atoms with E-state index in [-0.39, 0.29) is 11.9 Å². The molecule has 0 saturated carbocycles. The van der Waals surface area contributed by atoms with Gasteiger partial charge in [-0.2, -0.15) is 0 Å². The van der Waals surface area contributed by atoms with Gasteiger partial charge in [-0.05, 0) is 36.8 Å². The summed E-state index contributed by atoms with van der Waals surface area (Å²) in [4.78, 5) is 14.1. The molecule has 1 N–H and O–H groups in total. The molecule has 3 aromatic rings. The number of oxime groups is 1. The Labute approximate surface area is 155 Å². The molecule has 3 heterocycles. The van der Waals surface area contributed by atoms with Gasteiger partial charge in [0.1, 0.15) is 23.8 Å². The lowest BCUT2D eigenvalue weighted by molar-refractivity contribution is 0.109. The summed E-state index contributed by atoms with van der Waals surface area (Å²) in [5.41, 5.74) is 3.16. The summed E-state index contributed by atoms with van der Waals surface area (Å²) in [5.74, 6) is 0.654. The van der Waals surface area contributed by atoms with Crippen molar-refractivity contribution in [3.05, 3.63) is 71.7 Å². The van der Waals surface area contributed by atoms with E-state index in [1.165, 1.54) is 12.1 Å². The van der Waals surface area contributed by atoms with Crippen LogP contribution in [0, 0.1) is 12.7 Å². The normalized spacial score (nSPS) is 16.3. The van der Waals surface area contributed by atoms with Gasteiger partial charge >= 0.3 is 0 Å². The third-order valence-electron chi connectivity index (χ3n) is 4.25. The molecule has 0 spiro atoms. The summed E-state index contributed by atoms with van der Waals surface area (Å²) in [7, 11) is 1.56. The predicted molar refractivity (Wildman–Crippen MR) is 97.4 cm³/mol. The van der Waals surface area contributed by atoms with Crippen LogP contribution in [0.25, 0.3) is 5.69 Å². The zero-order valence-electron chi connectivity index (χ0n) is 14.9. The maximum atomic E-state index is 13.2. The first-order valence-electron chi connectivity index (χ1n) is 8.42. The fourth-order valence-electron chi connectivity index (χ4n) is 2.87.